The van der Waals surface area contributed by atoms with Gasteiger partial charge < -0.3 is 25.4 Å². The Balaban J connectivity index is 0.00000100. The molecule has 2 aromatic carbocycles. The first-order chi connectivity index (χ1) is 16.5. The van der Waals surface area contributed by atoms with Crippen molar-refractivity contribution in [2.45, 2.75) is 32.7 Å². The van der Waals surface area contributed by atoms with Crippen molar-refractivity contribution < 1.29 is 29.3 Å². The minimum Gasteiger partial charge on any atom is -0.493 e. The van der Waals surface area contributed by atoms with Crippen LogP contribution in [0.25, 0.3) is 22.0 Å². The molecule has 0 unspecified atom stereocenters. The molecule has 0 radical (unpaired) electrons. The highest BCUT2D eigenvalue weighted by molar-refractivity contribution is 5.91. The van der Waals surface area contributed by atoms with Crippen LogP contribution in [-0.4, -0.2) is 47.9 Å². The predicted molar refractivity (Wildman–Crippen MR) is 135 cm³/mol. The number of primary amides is 1. The van der Waals surface area contributed by atoms with Gasteiger partial charge in [0.1, 0.15) is 0 Å². The quantitative estimate of drug-likeness (QED) is 0.294. The van der Waals surface area contributed by atoms with Crippen LogP contribution in [-0.2, 0) is 12.0 Å². The second-order valence-corrected chi connectivity index (χ2v) is 8.47. The summed E-state index contributed by atoms with van der Waals surface area (Å²) in [6.45, 7) is 6.73. The van der Waals surface area contributed by atoms with Crippen LogP contribution in [0.5, 0.6) is 11.5 Å². The predicted octanol–water partition coefficient (Wildman–Crippen LogP) is 4.64. The normalized spacial score (nSPS) is 11.0. The highest BCUT2D eigenvalue weighted by Gasteiger charge is 2.16. The first-order valence-electron chi connectivity index (χ1n) is 10.6. The summed E-state index contributed by atoms with van der Waals surface area (Å²) in [5.41, 5.74) is 7.77. The molecule has 0 saturated carbocycles. The first kappa shape index (κ1) is 26.9. The van der Waals surface area contributed by atoms with Gasteiger partial charge in [0.25, 0.3) is 0 Å². The smallest absolute Gasteiger partial charge is 0.409 e. The molecule has 1 aromatic heterocycles. The van der Waals surface area contributed by atoms with Crippen molar-refractivity contribution in [3.63, 3.8) is 0 Å². The number of nitrogens with two attached hydrogens (primary N) is 1. The number of hydrogen-bond acceptors (Lipinski definition) is 6. The Hall–Kier alpha value is -4.34. The fourth-order valence-electron chi connectivity index (χ4n) is 3.30. The number of aromatic nitrogens is 1. The van der Waals surface area contributed by atoms with Crippen LogP contribution in [0.4, 0.5) is 9.59 Å². The fraction of sp³-hybridized carbons (Fsp3) is 0.280. The van der Waals surface area contributed by atoms with Gasteiger partial charge in [-0.05, 0) is 40.6 Å². The Bertz CT molecular complexity index is 1230. The van der Waals surface area contributed by atoms with E-state index in [1.165, 1.54) is 5.56 Å². The van der Waals surface area contributed by atoms with Crippen molar-refractivity contribution in [1.29, 1.82) is 0 Å². The maximum atomic E-state index is 10.7. The third-order valence-electron chi connectivity index (χ3n) is 4.96. The Labute approximate surface area is 203 Å². The summed E-state index contributed by atoms with van der Waals surface area (Å²) in [5, 5.41) is 19.9. The third-order valence-corrected chi connectivity index (χ3v) is 4.96. The second kappa shape index (κ2) is 11.7. The van der Waals surface area contributed by atoms with E-state index in [1.807, 2.05) is 30.3 Å². The van der Waals surface area contributed by atoms with Crippen molar-refractivity contribution >= 4 is 29.3 Å². The molecule has 1 heterocycles. The standard InChI is InChI=1S/C24H27N3O4.CH3NO2/c1-24(2,3)17-8-6-7-15(9-17)19-10-16-11-21(30-4)22(31-5)12-18(16)20(27-19)13-25-14-26-23(28)29;2-1(3)4/h6-12,14H,13H2,1-5H3,(H,25,26)(H,28,29);2H2,(H,3,4). The Morgan fingerprint density at radius 2 is 1.71 bits per heavy atom. The molecule has 0 fully saturated rings. The molecule has 35 heavy (non-hydrogen) atoms. The van der Waals surface area contributed by atoms with Crippen LogP contribution >= 0.6 is 0 Å². The van der Waals surface area contributed by atoms with Crippen molar-refractivity contribution in [2.75, 3.05) is 14.2 Å². The summed E-state index contributed by atoms with van der Waals surface area (Å²) in [4.78, 5) is 28.5. The minimum absolute atomic E-state index is 0.0130. The van der Waals surface area contributed by atoms with Crippen LogP contribution < -0.4 is 20.5 Å². The number of aliphatic imine (C=N–C) groups is 1. The van der Waals surface area contributed by atoms with Crippen molar-refractivity contribution in [2.24, 2.45) is 10.7 Å². The van der Waals surface area contributed by atoms with Crippen molar-refractivity contribution in [3.05, 3.63) is 53.7 Å². The van der Waals surface area contributed by atoms with Crippen molar-refractivity contribution in [3.8, 4) is 22.8 Å². The van der Waals surface area contributed by atoms with E-state index in [-0.39, 0.29) is 12.0 Å². The average molecular weight is 483 g/mol. The van der Waals surface area contributed by atoms with Gasteiger partial charge in [-0.15, -0.1) is 0 Å². The Kier molecular flexibility index (Phi) is 8.98. The van der Waals surface area contributed by atoms with E-state index in [9.17, 15) is 4.79 Å². The highest BCUT2D eigenvalue weighted by Crippen LogP contribution is 2.36. The van der Waals surface area contributed by atoms with E-state index in [0.717, 1.165) is 28.4 Å². The molecule has 3 aromatic rings. The van der Waals surface area contributed by atoms with Gasteiger partial charge in [0.15, 0.2) is 11.5 Å². The summed E-state index contributed by atoms with van der Waals surface area (Å²) >= 11 is 0. The van der Waals surface area contributed by atoms with E-state index >= 15 is 0 Å². The fourth-order valence-corrected chi connectivity index (χ4v) is 3.30. The van der Waals surface area contributed by atoms with Gasteiger partial charge >= 0.3 is 12.2 Å². The van der Waals surface area contributed by atoms with Gasteiger partial charge in [-0.25, -0.2) is 9.59 Å². The molecule has 3 rings (SSSR count). The molecule has 186 valence electrons. The first-order valence-corrected chi connectivity index (χ1v) is 10.6. The highest BCUT2D eigenvalue weighted by atomic mass is 16.5. The van der Waals surface area contributed by atoms with Crippen LogP contribution in [0.15, 0.2) is 47.5 Å². The van der Waals surface area contributed by atoms with Gasteiger partial charge in [0.05, 0.1) is 38.5 Å². The molecule has 0 aliphatic rings. The van der Waals surface area contributed by atoms with Crippen LogP contribution in [0.2, 0.25) is 0 Å². The molecule has 10 nitrogen and oxygen atoms in total. The molecular weight excluding hydrogens is 452 g/mol. The number of nitrogens with one attached hydrogen (secondary N) is 1. The van der Waals surface area contributed by atoms with Gasteiger partial charge in [0, 0.05) is 10.9 Å². The maximum absolute atomic E-state index is 10.7. The lowest BCUT2D eigenvalue weighted by Crippen LogP contribution is -2.18. The zero-order valence-corrected chi connectivity index (χ0v) is 20.3. The molecule has 0 bridgehead atoms. The molecule has 5 N–H and O–H groups in total. The summed E-state index contributed by atoms with van der Waals surface area (Å²) in [7, 11) is 3.18. The summed E-state index contributed by atoms with van der Waals surface area (Å²) in [6, 6.07) is 14.1. The van der Waals surface area contributed by atoms with Gasteiger partial charge in [-0.3, -0.25) is 15.3 Å². The maximum Gasteiger partial charge on any atom is 0.409 e. The molecule has 0 aliphatic carbocycles. The summed E-state index contributed by atoms with van der Waals surface area (Å²) in [5.74, 6) is 1.21. The molecule has 0 atom stereocenters. The topological polar surface area (TPSA) is 156 Å². The second-order valence-electron chi connectivity index (χ2n) is 8.47. The van der Waals surface area contributed by atoms with Crippen LogP contribution in [0, 0.1) is 0 Å². The number of ether oxygens (including phenoxy) is 2. The van der Waals surface area contributed by atoms with Gasteiger partial charge in [-0.2, -0.15) is 0 Å². The zero-order valence-electron chi connectivity index (χ0n) is 20.3. The number of carbonyl (C=O) groups is 2. The number of rotatable bonds is 6. The molecular formula is C25H30N4O6. The van der Waals surface area contributed by atoms with Gasteiger partial charge in [-0.1, -0.05) is 39.0 Å². The Morgan fingerprint density at radius 1 is 1.09 bits per heavy atom. The third kappa shape index (κ3) is 7.60. The summed E-state index contributed by atoms with van der Waals surface area (Å²) < 4.78 is 10.9. The van der Waals surface area contributed by atoms with E-state index in [0.29, 0.717) is 17.2 Å². The monoisotopic (exact) mass is 482 g/mol. The molecule has 0 aliphatic heterocycles. The largest absolute Gasteiger partial charge is 0.493 e. The lowest BCUT2D eigenvalue weighted by atomic mass is 9.86. The Morgan fingerprint density at radius 3 is 2.29 bits per heavy atom. The number of fused-ring (bicyclic) bond motifs is 1. The van der Waals surface area contributed by atoms with E-state index in [2.05, 4.69) is 48.9 Å². The number of amides is 2. The SMILES string of the molecule is COc1cc2cc(-c3cccc(C(C)(C)C)c3)nc(CN=CNC(=O)O)c2cc1OC.NC(=O)O. The summed E-state index contributed by atoms with van der Waals surface area (Å²) in [6.07, 6.45) is -1.34. The number of methoxy groups -OCH3 is 2. The minimum atomic E-state index is -1.33. The van der Waals surface area contributed by atoms with E-state index < -0.39 is 12.2 Å². The van der Waals surface area contributed by atoms with Crippen molar-refractivity contribution in [1.82, 2.24) is 10.3 Å². The average Bonchev–Trinajstić information content (AvgIpc) is 2.79. The zero-order chi connectivity index (χ0) is 26.2. The lowest BCUT2D eigenvalue weighted by Gasteiger charge is -2.20. The number of carboxylic acid groups (broad SMARTS) is 2. The number of benzene rings is 2. The number of pyridine rings is 1. The molecule has 0 spiro atoms. The number of nitrogens with zero attached hydrogens (tertiary/aromatic N) is 2. The van der Waals surface area contributed by atoms with Crippen LogP contribution in [0.1, 0.15) is 32.0 Å². The molecule has 2 amide bonds. The number of hydrogen-bond donors (Lipinski definition) is 4. The lowest BCUT2D eigenvalue weighted by molar-refractivity contribution is 0.200. The van der Waals surface area contributed by atoms with E-state index in [1.54, 1.807) is 14.2 Å². The molecule has 10 heteroatoms. The van der Waals surface area contributed by atoms with Gasteiger partial charge in [0.2, 0.25) is 0 Å². The van der Waals surface area contributed by atoms with Crippen LogP contribution in [0.3, 0.4) is 0 Å². The molecule has 0 saturated heterocycles. The van der Waals surface area contributed by atoms with E-state index in [4.69, 9.17) is 29.5 Å².